The molecule has 0 heterocycles. The van der Waals surface area contributed by atoms with Crippen LogP contribution in [0.3, 0.4) is 0 Å². The minimum Gasteiger partial charge on any atom is -0.760 e. The van der Waals surface area contributed by atoms with Gasteiger partial charge in [0.15, 0.2) is 0 Å². The van der Waals surface area contributed by atoms with E-state index in [0.717, 1.165) is 0 Å². The Morgan fingerprint density at radius 3 is 1.00 bits per heavy atom. The van der Waals surface area contributed by atoms with Gasteiger partial charge in [-0.25, -0.2) is 0 Å². The molecule has 9 heavy (non-hydrogen) atoms. The normalized spacial score (nSPS) is 13.8. The van der Waals surface area contributed by atoms with E-state index in [2.05, 4.69) is 10.3 Å². The van der Waals surface area contributed by atoms with Gasteiger partial charge in [0.1, 0.15) is 0 Å². The quantitative estimate of drug-likeness (QED) is 0.308. The Hall–Kier alpha value is 0.906. The second kappa shape index (κ2) is 11.7. The van der Waals surface area contributed by atoms with Crippen LogP contribution in [0.4, 0.5) is 0 Å². The van der Waals surface area contributed by atoms with Crippen molar-refractivity contribution in [2.24, 2.45) is 10.3 Å². The molecule has 2 atom stereocenters. The average molecular weight is 184 g/mol. The van der Waals surface area contributed by atoms with Crippen molar-refractivity contribution in [3.63, 3.8) is 0 Å². The molecular formula is H4MgN2O4S2. The molecule has 0 saturated carbocycles. The zero-order valence-corrected chi connectivity index (χ0v) is 7.36. The van der Waals surface area contributed by atoms with Crippen molar-refractivity contribution in [1.82, 2.24) is 0 Å². The number of rotatable bonds is 0. The summed E-state index contributed by atoms with van der Waals surface area (Å²) in [6, 6.07) is 0. The molecule has 0 aromatic heterocycles. The first-order chi connectivity index (χ1) is 3.46. The predicted molar refractivity (Wildman–Crippen MR) is 32.0 cm³/mol. The van der Waals surface area contributed by atoms with Crippen molar-refractivity contribution >= 4 is 45.6 Å². The maximum Gasteiger partial charge on any atom is 2.00 e. The number of hydrogen-bond donors (Lipinski definition) is 2. The van der Waals surface area contributed by atoms with Crippen LogP contribution in [0, 0.1) is 0 Å². The first kappa shape index (κ1) is 16.5. The smallest absolute Gasteiger partial charge is 0.760 e. The van der Waals surface area contributed by atoms with Gasteiger partial charge in [0.25, 0.3) is 0 Å². The monoisotopic (exact) mass is 184 g/mol. The Balaban J connectivity index is -0.0000000720. The first-order valence-corrected chi connectivity index (χ1v) is 3.41. The first-order valence-electron chi connectivity index (χ1n) is 1.14. The largest absolute Gasteiger partial charge is 2.00 e. The summed E-state index contributed by atoms with van der Waals surface area (Å²) in [6.07, 6.45) is 0. The molecule has 0 amide bonds. The van der Waals surface area contributed by atoms with Gasteiger partial charge >= 0.3 is 23.1 Å². The minimum absolute atomic E-state index is 0. The van der Waals surface area contributed by atoms with E-state index in [1.54, 1.807) is 0 Å². The van der Waals surface area contributed by atoms with Crippen molar-refractivity contribution in [3.8, 4) is 0 Å². The summed E-state index contributed by atoms with van der Waals surface area (Å²) in [4.78, 5) is 0. The standard InChI is InChI=1S/Mg.2H3NO2S/c;2*1-4(2)3/h;2*1H2,(H,2,3)/q+2;;/p-2. The van der Waals surface area contributed by atoms with Crippen LogP contribution in [0.2, 0.25) is 0 Å². The summed E-state index contributed by atoms with van der Waals surface area (Å²) in [5, 5.41) is 8.06. The van der Waals surface area contributed by atoms with Gasteiger partial charge in [-0.15, -0.1) is 0 Å². The van der Waals surface area contributed by atoms with Crippen molar-refractivity contribution < 1.29 is 17.5 Å². The van der Waals surface area contributed by atoms with E-state index in [9.17, 15) is 0 Å². The molecule has 0 aliphatic heterocycles. The molecule has 0 spiro atoms. The summed E-state index contributed by atoms with van der Waals surface area (Å²) in [5.41, 5.74) is 0. The zero-order valence-electron chi connectivity index (χ0n) is 4.31. The second-order valence-electron chi connectivity index (χ2n) is 0.521. The van der Waals surface area contributed by atoms with E-state index >= 15 is 0 Å². The van der Waals surface area contributed by atoms with Gasteiger partial charge in [0.05, 0.1) is 0 Å². The van der Waals surface area contributed by atoms with Gasteiger partial charge in [-0.1, -0.05) is 0 Å². The van der Waals surface area contributed by atoms with Crippen LogP contribution in [-0.4, -0.2) is 40.6 Å². The van der Waals surface area contributed by atoms with Crippen LogP contribution in [0.5, 0.6) is 0 Å². The van der Waals surface area contributed by atoms with E-state index in [1.165, 1.54) is 0 Å². The molecule has 0 radical (unpaired) electrons. The summed E-state index contributed by atoms with van der Waals surface area (Å²) >= 11 is -4.72. The van der Waals surface area contributed by atoms with E-state index in [4.69, 9.17) is 17.5 Å². The van der Waals surface area contributed by atoms with Crippen LogP contribution in [0.1, 0.15) is 0 Å². The number of hydrogen-bond acceptors (Lipinski definition) is 4. The van der Waals surface area contributed by atoms with E-state index < -0.39 is 22.5 Å². The number of nitrogens with two attached hydrogens (primary N) is 2. The van der Waals surface area contributed by atoms with Crippen LogP contribution in [-0.2, 0) is 22.5 Å². The third-order valence-electron chi connectivity index (χ3n) is 0. The Morgan fingerprint density at radius 1 is 1.00 bits per heavy atom. The molecule has 0 rings (SSSR count). The molecule has 0 saturated heterocycles. The fourth-order valence-electron chi connectivity index (χ4n) is 0. The van der Waals surface area contributed by atoms with Gasteiger partial charge in [-0.3, -0.25) is 18.7 Å². The SMILES string of the molecule is NS(=O)[O-].NS(=O)[O-].[Mg+2]. The molecule has 0 fully saturated rings. The third kappa shape index (κ3) is 517. The summed E-state index contributed by atoms with van der Waals surface area (Å²) in [7, 11) is 0. The van der Waals surface area contributed by atoms with Crippen LogP contribution in [0.15, 0.2) is 0 Å². The second-order valence-corrected chi connectivity index (χ2v) is 1.56. The molecule has 0 bridgehead atoms. The molecule has 0 aromatic carbocycles. The average Bonchev–Trinajstić information content (AvgIpc) is 1.25. The molecule has 0 aliphatic rings. The van der Waals surface area contributed by atoms with E-state index in [0.29, 0.717) is 0 Å². The topological polar surface area (TPSA) is 132 Å². The molecule has 6 nitrogen and oxygen atoms in total. The molecule has 0 aromatic rings. The zero-order chi connectivity index (χ0) is 7.15. The van der Waals surface area contributed by atoms with E-state index in [1.807, 2.05) is 0 Å². The molecule has 4 N–H and O–H groups in total. The Morgan fingerprint density at radius 2 is 1.00 bits per heavy atom. The fourth-order valence-corrected chi connectivity index (χ4v) is 0. The third-order valence-corrected chi connectivity index (χ3v) is 0. The summed E-state index contributed by atoms with van der Waals surface area (Å²) in [5.74, 6) is 0. The van der Waals surface area contributed by atoms with Crippen molar-refractivity contribution in [2.45, 2.75) is 0 Å². The fraction of sp³-hybridized carbons (Fsp3) is 0. The van der Waals surface area contributed by atoms with Crippen LogP contribution < -0.4 is 10.3 Å². The minimum atomic E-state index is -2.36. The van der Waals surface area contributed by atoms with Crippen molar-refractivity contribution in [3.05, 3.63) is 0 Å². The Bertz CT molecular complexity index is 74.6. The molecule has 9 heteroatoms. The van der Waals surface area contributed by atoms with Gasteiger partial charge < -0.3 is 9.11 Å². The van der Waals surface area contributed by atoms with Crippen LogP contribution >= 0.6 is 0 Å². The molecule has 0 aliphatic carbocycles. The molecule has 52 valence electrons. The summed E-state index contributed by atoms with van der Waals surface area (Å²) < 4.78 is 35.1. The van der Waals surface area contributed by atoms with Gasteiger partial charge in [0, 0.05) is 22.5 Å². The van der Waals surface area contributed by atoms with E-state index in [-0.39, 0.29) is 23.1 Å². The van der Waals surface area contributed by atoms with Gasteiger partial charge in [-0.05, 0) is 0 Å². The Labute approximate surface area is 73.4 Å². The van der Waals surface area contributed by atoms with Gasteiger partial charge in [-0.2, -0.15) is 0 Å². The molecule has 2 unspecified atom stereocenters. The van der Waals surface area contributed by atoms with Crippen LogP contribution in [0.25, 0.3) is 0 Å². The summed E-state index contributed by atoms with van der Waals surface area (Å²) in [6.45, 7) is 0. The van der Waals surface area contributed by atoms with Gasteiger partial charge in [0.2, 0.25) is 0 Å². The Kier molecular flexibility index (Phi) is 21.4. The van der Waals surface area contributed by atoms with Crippen molar-refractivity contribution in [2.75, 3.05) is 0 Å². The maximum atomic E-state index is 8.78. The van der Waals surface area contributed by atoms with Crippen molar-refractivity contribution in [1.29, 1.82) is 0 Å². The predicted octanol–water partition coefficient (Wildman–Crippen LogP) is -2.90. The maximum absolute atomic E-state index is 8.78. The molecular weight excluding hydrogens is 180 g/mol.